The van der Waals surface area contributed by atoms with Crippen molar-refractivity contribution in [1.29, 1.82) is 0 Å². The van der Waals surface area contributed by atoms with Gasteiger partial charge in [0.1, 0.15) is 5.82 Å². The number of hydrogen-bond acceptors (Lipinski definition) is 3. The van der Waals surface area contributed by atoms with Crippen molar-refractivity contribution in [2.24, 2.45) is 5.73 Å². The van der Waals surface area contributed by atoms with E-state index in [1.807, 2.05) is 0 Å². The Morgan fingerprint density at radius 2 is 1.89 bits per heavy atom. The zero-order chi connectivity index (χ0) is 13.9. The van der Waals surface area contributed by atoms with Gasteiger partial charge in [-0.05, 0) is 32.0 Å². The van der Waals surface area contributed by atoms with Gasteiger partial charge < -0.3 is 16.4 Å². The normalized spacial score (nSPS) is 10.9. The van der Waals surface area contributed by atoms with Crippen molar-refractivity contribution in [1.82, 2.24) is 0 Å². The van der Waals surface area contributed by atoms with Crippen molar-refractivity contribution in [3.8, 4) is 0 Å². The van der Waals surface area contributed by atoms with Gasteiger partial charge in [0.05, 0.1) is 11.2 Å². The van der Waals surface area contributed by atoms with Crippen LogP contribution >= 0.6 is 0 Å². The Morgan fingerprint density at radius 3 is 2.39 bits per heavy atom. The van der Waals surface area contributed by atoms with Crippen LogP contribution in [0.15, 0.2) is 18.2 Å². The Kier molecular flexibility index (Phi) is 4.03. The van der Waals surface area contributed by atoms with Crippen LogP contribution in [0.2, 0.25) is 0 Å². The van der Waals surface area contributed by atoms with Gasteiger partial charge in [-0.2, -0.15) is 0 Å². The van der Waals surface area contributed by atoms with Crippen molar-refractivity contribution in [3.05, 3.63) is 24.0 Å². The maximum absolute atomic E-state index is 13.5. The second-order valence-corrected chi connectivity index (χ2v) is 4.55. The lowest BCUT2D eigenvalue weighted by Crippen LogP contribution is -2.45. The quantitative estimate of drug-likeness (QED) is 0.762. The summed E-state index contributed by atoms with van der Waals surface area (Å²) in [6.07, 6.45) is 0. The summed E-state index contributed by atoms with van der Waals surface area (Å²) in [5.74, 6) is -1.39. The number of hydrogen-bond donors (Lipinski definition) is 3. The van der Waals surface area contributed by atoms with E-state index >= 15 is 0 Å². The molecule has 0 saturated carbocycles. The highest BCUT2D eigenvalue weighted by Crippen LogP contribution is 2.20. The van der Waals surface area contributed by atoms with Gasteiger partial charge in [0.15, 0.2) is 0 Å². The summed E-state index contributed by atoms with van der Waals surface area (Å²) in [6.45, 7) is 4.36. The Bertz CT molecular complexity index is 481. The predicted octanol–water partition coefficient (Wildman–Crippen LogP) is 1.46. The minimum atomic E-state index is -1.11. The second-order valence-electron chi connectivity index (χ2n) is 4.55. The molecule has 1 rings (SSSR count). The van der Waals surface area contributed by atoms with Crippen LogP contribution in [-0.4, -0.2) is 17.4 Å². The van der Waals surface area contributed by atoms with Crippen molar-refractivity contribution in [3.63, 3.8) is 0 Å². The first-order valence-electron chi connectivity index (χ1n) is 5.37. The number of nitrogens with one attached hydrogen (secondary N) is 2. The largest absolute Gasteiger partial charge is 0.326 e. The molecule has 98 valence electrons. The van der Waals surface area contributed by atoms with E-state index in [0.29, 0.717) is 5.69 Å². The third kappa shape index (κ3) is 3.81. The lowest BCUT2D eigenvalue weighted by Gasteiger charge is -2.18. The fraction of sp³-hybridized carbons (Fsp3) is 0.333. The summed E-state index contributed by atoms with van der Waals surface area (Å²) in [5.41, 5.74) is 4.85. The molecule has 0 aliphatic heterocycles. The van der Waals surface area contributed by atoms with Crippen molar-refractivity contribution in [2.45, 2.75) is 26.3 Å². The van der Waals surface area contributed by atoms with Crippen LogP contribution in [0, 0.1) is 5.82 Å². The van der Waals surface area contributed by atoms with Crippen LogP contribution in [0.5, 0.6) is 0 Å². The van der Waals surface area contributed by atoms with Crippen LogP contribution in [0.25, 0.3) is 0 Å². The van der Waals surface area contributed by atoms with Gasteiger partial charge in [-0.1, -0.05) is 0 Å². The highest BCUT2D eigenvalue weighted by Gasteiger charge is 2.22. The van der Waals surface area contributed by atoms with Crippen molar-refractivity contribution < 1.29 is 14.0 Å². The maximum atomic E-state index is 13.5. The van der Waals surface area contributed by atoms with Crippen molar-refractivity contribution >= 4 is 23.2 Å². The summed E-state index contributed by atoms with van der Waals surface area (Å²) >= 11 is 0. The first-order valence-corrected chi connectivity index (χ1v) is 5.37. The molecule has 0 atom stereocenters. The van der Waals surface area contributed by atoms with Crippen LogP contribution in [0.1, 0.15) is 20.8 Å². The Hall–Kier alpha value is -1.95. The molecule has 2 amide bonds. The van der Waals surface area contributed by atoms with Gasteiger partial charge in [-0.25, -0.2) is 4.39 Å². The van der Waals surface area contributed by atoms with E-state index < -0.39 is 17.3 Å². The molecule has 0 spiro atoms. The maximum Gasteiger partial charge on any atom is 0.243 e. The Labute approximate surface area is 105 Å². The van der Waals surface area contributed by atoms with Gasteiger partial charge in [-0.3, -0.25) is 9.59 Å². The number of carbonyl (C=O) groups is 2. The summed E-state index contributed by atoms with van der Waals surface area (Å²) in [4.78, 5) is 22.5. The lowest BCUT2D eigenvalue weighted by atomic mass is 10.1. The highest BCUT2D eigenvalue weighted by atomic mass is 19.1. The SMILES string of the molecule is CC(=O)Nc1ccc(F)c(NC(=O)C(C)(C)N)c1. The number of amides is 2. The highest BCUT2D eigenvalue weighted by molar-refractivity contribution is 5.98. The summed E-state index contributed by atoms with van der Waals surface area (Å²) in [7, 11) is 0. The van der Waals surface area contributed by atoms with Crippen LogP contribution in [0.3, 0.4) is 0 Å². The van der Waals surface area contributed by atoms with Gasteiger partial charge in [0.2, 0.25) is 11.8 Å². The van der Waals surface area contributed by atoms with Gasteiger partial charge in [0, 0.05) is 12.6 Å². The third-order valence-electron chi connectivity index (χ3n) is 2.12. The van der Waals surface area contributed by atoms with Crippen LogP contribution in [-0.2, 0) is 9.59 Å². The first kappa shape index (κ1) is 14.1. The zero-order valence-corrected chi connectivity index (χ0v) is 10.5. The van der Waals surface area contributed by atoms with Gasteiger partial charge in [-0.15, -0.1) is 0 Å². The molecule has 0 aromatic heterocycles. The predicted molar refractivity (Wildman–Crippen MR) is 67.6 cm³/mol. The fourth-order valence-corrected chi connectivity index (χ4v) is 1.19. The molecule has 0 bridgehead atoms. The fourth-order valence-electron chi connectivity index (χ4n) is 1.19. The van der Waals surface area contributed by atoms with E-state index in [2.05, 4.69) is 10.6 Å². The molecule has 6 heteroatoms. The van der Waals surface area contributed by atoms with E-state index in [9.17, 15) is 14.0 Å². The summed E-state index contributed by atoms with van der Waals surface area (Å²) < 4.78 is 13.5. The molecule has 0 saturated heterocycles. The smallest absolute Gasteiger partial charge is 0.243 e. The average Bonchev–Trinajstić information content (AvgIpc) is 2.20. The molecule has 5 nitrogen and oxygen atoms in total. The lowest BCUT2D eigenvalue weighted by molar-refractivity contribution is -0.120. The Morgan fingerprint density at radius 1 is 1.28 bits per heavy atom. The molecular weight excluding hydrogens is 237 g/mol. The van der Waals surface area contributed by atoms with E-state index in [-0.39, 0.29) is 11.6 Å². The van der Waals surface area contributed by atoms with Crippen LogP contribution < -0.4 is 16.4 Å². The topological polar surface area (TPSA) is 84.2 Å². The molecular formula is C12H16FN3O2. The average molecular weight is 253 g/mol. The second kappa shape index (κ2) is 5.14. The first-order chi connectivity index (χ1) is 8.20. The van der Waals surface area contributed by atoms with Gasteiger partial charge in [0.25, 0.3) is 0 Å². The number of halogens is 1. The number of carbonyl (C=O) groups excluding carboxylic acids is 2. The molecule has 18 heavy (non-hydrogen) atoms. The van der Waals surface area contributed by atoms with Gasteiger partial charge >= 0.3 is 0 Å². The van der Waals surface area contributed by atoms with E-state index in [4.69, 9.17) is 5.73 Å². The van der Waals surface area contributed by atoms with Crippen molar-refractivity contribution in [2.75, 3.05) is 10.6 Å². The van der Waals surface area contributed by atoms with E-state index in [0.717, 1.165) is 6.07 Å². The molecule has 4 N–H and O–H groups in total. The molecule has 1 aromatic carbocycles. The monoisotopic (exact) mass is 253 g/mol. The molecule has 0 radical (unpaired) electrons. The minimum Gasteiger partial charge on any atom is -0.326 e. The summed E-state index contributed by atoms with van der Waals surface area (Å²) in [6, 6.07) is 3.89. The number of nitrogens with two attached hydrogens (primary N) is 1. The number of anilines is 2. The molecule has 0 unspecified atom stereocenters. The zero-order valence-electron chi connectivity index (χ0n) is 10.5. The van der Waals surface area contributed by atoms with Crippen LogP contribution in [0.4, 0.5) is 15.8 Å². The minimum absolute atomic E-state index is 0.0234. The molecule has 0 aliphatic rings. The third-order valence-corrected chi connectivity index (χ3v) is 2.12. The summed E-state index contributed by atoms with van der Waals surface area (Å²) in [5, 5.41) is 4.87. The van der Waals surface area contributed by atoms with E-state index in [1.54, 1.807) is 0 Å². The van der Waals surface area contributed by atoms with E-state index in [1.165, 1.54) is 32.9 Å². The molecule has 0 fully saturated rings. The Balaban J connectivity index is 2.94. The molecule has 0 aliphatic carbocycles. The number of rotatable bonds is 3. The molecule has 1 aromatic rings. The standard InChI is InChI=1S/C12H16FN3O2/c1-7(17)15-8-4-5-9(13)10(6-8)16-11(18)12(2,3)14/h4-6H,14H2,1-3H3,(H,15,17)(H,16,18). The number of benzene rings is 1. The molecule has 0 heterocycles.